The van der Waals surface area contributed by atoms with E-state index in [-0.39, 0.29) is 35.1 Å². The van der Waals surface area contributed by atoms with Gasteiger partial charge < -0.3 is 9.88 Å². The Morgan fingerprint density at radius 2 is 2.07 bits per heavy atom. The van der Waals surface area contributed by atoms with Crippen molar-refractivity contribution >= 4 is 43.4 Å². The molecule has 1 amide bonds. The Bertz CT molecular complexity index is 926. The molecule has 152 valence electrons. The molecule has 0 bridgehead atoms. The Morgan fingerprint density at radius 1 is 1.36 bits per heavy atom. The number of rotatable bonds is 7. The molecule has 1 aliphatic rings. The third kappa shape index (κ3) is 5.61. The molecule has 0 radical (unpaired) electrons. The van der Waals surface area contributed by atoms with Crippen molar-refractivity contribution in [3.8, 4) is 11.3 Å². The van der Waals surface area contributed by atoms with Crippen molar-refractivity contribution < 1.29 is 13.2 Å². The molecule has 1 atom stereocenters. The number of hydrogen-bond donors (Lipinski definition) is 1. The SMILES string of the molecule is CC(C)CN(C(=O)CSc1ncc(-c2ccc(Br)cc2)[nH]1)C1CCS(=O)(=O)C1. The summed E-state index contributed by atoms with van der Waals surface area (Å²) in [6, 6.07) is 7.69. The van der Waals surface area contributed by atoms with Crippen LogP contribution in [0.3, 0.4) is 0 Å². The van der Waals surface area contributed by atoms with Gasteiger partial charge in [0.1, 0.15) is 0 Å². The van der Waals surface area contributed by atoms with Crippen molar-refractivity contribution in [1.29, 1.82) is 0 Å². The number of amides is 1. The Kier molecular flexibility index (Phi) is 6.88. The minimum Gasteiger partial charge on any atom is -0.338 e. The maximum absolute atomic E-state index is 12.8. The van der Waals surface area contributed by atoms with Crippen LogP contribution in [0.5, 0.6) is 0 Å². The fraction of sp³-hybridized carbons (Fsp3) is 0.474. The molecule has 1 fully saturated rings. The zero-order chi connectivity index (χ0) is 20.3. The first-order chi connectivity index (χ1) is 13.2. The molecule has 0 aliphatic carbocycles. The number of benzene rings is 1. The molecule has 1 aromatic heterocycles. The second-order valence-electron chi connectivity index (χ2n) is 7.39. The van der Waals surface area contributed by atoms with Gasteiger partial charge in [-0.05, 0) is 30.0 Å². The highest BCUT2D eigenvalue weighted by atomic mass is 79.9. The molecule has 2 aromatic rings. The lowest BCUT2D eigenvalue weighted by Crippen LogP contribution is -2.44. The summed E-state index contributed by atoms with van der Waals surface area (Å²) < 4.78 is 24.7. The number of halogens is 1. The first kappa shape index (κ1) is 21.4. The molecular weight excluding hydrogens is 462 g/mol. The van der Waals surface area contributed by atoms with Gasteiger partial charge >= 0.3 is 0 Å². The van der Waals surface area contributed by atoms with Crippen LogP contribution in [-0.2, 0) is 14.6 Å². The lowest BCUT2D eigenvalue weighted by atomic mass is 10.1. The summed E-state index contributed by atoms with van der Waals surface area (Å²) in [5.74, 6) is 0.718. The number of nitrogens with zero attached hydrogens (tertiary/aromatic N) is 2. The van der Waals surface area contributed by atoms with E-state index < -0.39 is 9.84 Å². The summed E-state index contributed by atoms with van der Waals surface area (Å²) in [4.78, 5) is 22.2. The molecule has 0 spiro atoms. The molecule has 6 nitrogen and oxygen atoms in total. The zero-order valence-electron chi connectivity index (χ0n) is 15.9. The van der Waals surface area contributed by atoms with Crippen LogP contribution in [0.1, 0.15) is 20.3 Å². The molecular formula is C19H24BrN3O3S2. The zero-order valence-corrected chi connectivity index (χ0v) is 19.1. The third-order valence-electron chi connectivity index (χ3n) is 4.57. The Balaban J connectivity index is 1.63. The maximum Gasteiger partial charge on any atom is 0.233 e. The van der Waals surface area contributed by atoms with Crippen LogP contribution >= 0.6 is 27.7 Å². The third-order valence-corrected chi connectivity index (χ3v) is 7.72. The van der Waals surface area contributed by atoms with Crippen LogP contribution in [0, 0.1) is 5.92 Å². The van der Waals surface area contributed by atoms with Crippen LogP contribution in [-0.4, -0.2) is 59.0 Å². The van der Waals surface area contributed by atoms with E-state index in [0.29, 0.717) is 18.1 Å². The summed E-state index contributed by atoms with van der Waals surface area (Å²) >= 11 is 4.76. The van der Waals surface area contributed by atoms with Crippen LogP contribution in [0.2, 0.25) is 0 Å². The fourth-order valence-electron chi connectivity index (χ4n) is 3.23. The molecule has 3 rings (SSSR count). The number of thioether (sulfide) groups is 1. The van der Waals surface area contributed by atoms with E-state index in [1.54, 1.807) is 11.1 Å². The number of nitrogens with one attached hydrogen (secondary N) is 1. The minimum absolute atomic E-state index is 0.0395. The van der Waals surface area contributed by atoms with Gasteiger partial charge in [-0.25, -0.2) is 13.4 Å². The van der Waals surface area contributed by atoms with Gasteiger partial charge in [0.05, 0.1) is 29.1 Å². The van der Waals surface area contributed by atoms with E-state index in [1.807, 2.05) is 38.1 Å². The second kappa shape index (κ2) is 9.00. The summed E-state index contributed by atoms with van der Waals surface area (Å²) in [7, 11) is -3.03. The van der Waals surface area contributed by atoms with E-state index >= 15 is 0 Å². The monoisotopic (exact) mass is 485 g/mol. The predicted molar refractivity (Wildman–Crippen MR) is 116 cm³/mol. The molecule has 1 N–H and O–H groups in total. The quantitative estimate of drug-likeness (QED) is 0.605. The molecule has 0 saturated carbocycles. The first-order valence-corrected chi connectivity index (χ1v) is 12.8. The number of H-pyrrole nitrogens is 1. The van der Waals surface area contributed by atoms with Gasteiger partial charge in [-0.1, -0.05) is 53.7 Å². The number of imidazole rings is 1. The van der Waals surface area contributed by atoms with E-state index in [0.717, 1.165) is 15.7 Å². The highest BCUT2D eigenvalue weighted by Crippen LogP contribution is 2.25. The largest absolute Gasteiger partial charge is 0.338 e. The second-order valence-corrected chi connectivity index (χ2v) is 11.5. The fourth-order valence-corrected chi connectivity index (χ4v) is 5.96. The average Bonchev–Trinajstić information content (AvgIpc) is 3.24. The number of aromatic amines is 1. The highest BCUT2D eigenvalue weighted by molar-refractivity contribution is 9.10. The van der Waals surface area contributed by atoms with Gasteiger partial charge in [0.2, 0.25) is 5.91 Å². The van der Waals surface area contributed by atoms with Gasteiger partial charge in [0.25, 0.3) is 0 Å². The van der Waals surface area contributed by atoms with Crippen molar-refractivity contribution in [1.82, 2.24) is 14.9 Å². The molecule has 1 saturated heterocycles. The summed E-state index contributed by atoms with van der Waals surface area (Å²) in [6.07, 6.45) is 2.28. The van der Waals surface area contributed by atoms with Crippen molar-refractivity contribution in [3.63, 3.8) is 0 Å². The van der Waals surface area contributed by atoms with Crippen molar-refractivity contribution in [2.45, 2.75) is 31.5 Å². The van der Waals surface area contributed by atoms with Gasteiger partial charge in [0.15, 0.2) is 15.0 Å². The summed E-state index contributed by atoms with van der Waals surface area (Å²) in [5, 5.41) is 0.676. The van der Waals surface area contributed by atoms with Crippen molar-refractivity contribution in [2.75, 3.05) is 23.8 Å². The molecule has 1 unspecified atom stereocenters. The van der Waals surface area contributed by atoms with Crippen molar-refractivity contribution in [2.24, 2.45) is 5.92 Å². The van der Waals surface area contributed by atoms with Crippen LogP contribution in [0.4, 0.5) is 0 Å². The van der Waals surface area contributed by atoms with Gasteiger partial charge in [-0.15, -0.1) is 0 Å². The van der Waals surface area contributed by atoms with Crippen molar-refractivity contribution in [3.05, 3.63) is 34.9 Å². The molecule has 9 heteroatoms. The highest BCUT2D eigenvalue weighted by Gasteiger charge is 2.34. The minimum atomic E-state index is -3.03. The van der Waals surface area contributed by atoms with Crippen LogP contribution in [0.15, 0.2) is 40.1 Å². The van der Waals surface area contributed by atoms with Crippen LogP contribution in [0.25, 0.3) is 11.3 Å². The predicted octanol–water partition coefficient (Wildman–Crippen LogP) is 3.60. The number of carbonyl (C=O) groups excluding carboxylic acids is 1. The molecule has 2 heterocycles. The number of aromatic nitrogens is 2. The number of carbonyl (C=O) groups is 1. The average molecular weight is 486 g/mol. The standard InChI is InChI=1S/C19H24BrN3O3S2/c1-13(2)10-23(16-7-8-28(25,26)12-16)18(24)11-27-19-21-9-17(22-19)14-3-5-15(20)6-4-14/h3-6,9,13,16H,7-8,10-12H2,1-2H3,(H,21,22). The number of hydrogen-bond acceptors (Lipinski definition) is 5. The first-order valence-electron chi connectivity index (χ1n) is 9.17. The Hall–Kier alpha value is -1.32. The van der Waals surface area contributed by atoms with Gasteiger partial charge in [-0.2, -0.15) is 0 Å². The lowest BCUT2D eigenvalue weighted by molar-refractivity contribution is -0.130. The van der Waals surface area contributed by atoms with E-state index in [4.69, 9.17) is 0 Å². The van der Waals surface area contributed by atoms with E-state index in [2.05, 4.69) is 25.9 Å². The smallest absolute Gasteiger partial charge is 0.233 e. The normalized spacial score (nSPS) is 18.5. The molecule has 1 aromatic carbocycles. The molecule has 1 aliphatic heterocycles. The van der Waals surface area contributed by atoms with Gasteiger partial charge in [-0.3, -0.25) is 4.79 Å². The van der Waals surface area contributed by atoms with E-state index in [1.165, 1.54) is 11.8 Å². The lowest BCUT2D eigenvalue weighted by Gasteiger charge is -2.29. The topological polar surface area (TPSA) is 83.1 Å². The summed E-state index contributed by atoms with van der Waals surface area (Å²) in [5.41, 5.74) is 1.91. The number of sulfone groups is 1. The maximum atomic E-state index is 12.8. The Labute approximate surface area is 178 Å². The van der Waals surface area contributed by atoms with Crippen LogP contribution < -0.4 is 0 Å². The van der Waals surface area contributed by atoms with Gasteiger partial charge in [0, 0.05) is 17.1 Å². The van der Waals surface area contributed by atoms with E-state index in [9.17, 15) is 13.2 Å². The Morgan fingerprint density at radius 3 is 2.68 bits per heavy atom. The summed E-state index contributed by atoms with van der Waals surface area (Å²) in [6.45, 7) is 4.64. The molecule has 28 heavy (non-hydrogen) atoms.